The number of rotatable bonds is 4. The highest BCUT2D eigenvalue weighted by Crippen LogP contribution is 2.24. The Hall–Kier alpha value is -1.86. The molecule has 0 bridgehead atoms. The van der Waals surface area contributed by atoms with E-state index in [1.165, 1.54) is 11.1 Å². The molecule has 0 aromatic carbocycles. The summed E-state index contributed by atoms with van der Waals surface area (Å²) in [5, 5.41) is 0. The molecular weight excluding hydrogens is 328 g/mol. The zero-order valence-corrected chi connectivity index (χ0v) is 15.1. The quantitative estimate of drug-likeness (QED) is 0.831. The average molecular weight is 354 g/mol. The molecule has 0 radical (unpaired) electrons. The van der Waals surface area contributed by atoms with Crippen LogP contribution >= 0.6 is 0 Å². The maximum atomic E-state index is 6.29. The molecule has 2 fully saturated rings. The fourth-order valence-corrected chi connectivity index (χ4v) is 3.85. The molecule has 6 heteroatoms. The highest BCUT2D eigenvalue weighted by atomic mass is 16.5. The lowest BCUT2D eigenvalue weighted by molar-refractivity contribution is -0.143. The van der Waals surface area contributed by atoms with Crippen LogP contribution in [0.3, 0.4) is 0 Å². The van der Waals surface area contributed by atoms with E-state index in [2.05, 4.69) is 44.0 Å². The van der Waals surface area contributed by atoms with Gasteiger partial charge in [-0.2, -0.15) is 0 Å². The fourth-order valence-electron chi connectivity index (χ4n) is 3.85. The molecule has 138 valence electrons. The standard InChI is InChI=1S/C20H26N4O2/c1-5-21-6-2-18(1)13-23-9-11-25-17-20(15-23)16-24(10-12-26-20)14-19-3-7-22-8-4-19/h1-8H,9-17H2. The molecule has 2 saturated heterocycles. The molecule has 0 N–H and O–H groups in total. The third-order valence-corrected chi connectivity index (χ3v) is 5.07. The lowest BCUT2D eigenvalue weighted by Gasteiger charge is -2.43. The zero-order valence-electron chi connectivity index (χ0n) is 15.1. The Morgan fingerprint density at radius 2 is 1.35 bits per heavy atom. The van der Waals surface area contributed by atoms with E-state index >= 15 is 0 Å². The predicted molar refractivity (Wildman–Crippen MR) is 98.5 cm³/mol. The van der Waals surface area contributed by atoms with Crippen LogP contribution in [0.15, 0.2) is 49.1 Å². The van der Waals surface area contributed by atoms with Crippen LogP contribution in [0.4, 0.5) is 0 Å². The van der Waals surface area contributed by atoms with Gasteiger partial charge in [0.1, 0.15) is 5.60 Å². The highest BCUT2D eigenvalue weighted by molar-refractivity contribution is 5.11. The minimum atomic E-state index is -0.255. The highest BCUT2D eigenvalue weighted by Gasteiger charge is 2.40. The predicted octanol–water partition coefficient (Wildman–Crippen LogP) is 1.58. The smallest absolute Gasteiger partial charge is 0.117 e. The van der Waals surface area contributed by atoms with Crippen molar-refractivity contribution in [1.82, 2.24) is 19.8 Å². The Kier molecular flexibility index (Phi) is 5.55. The summed E-state index contributed by atoms with van der Waals surface area (Å²) in [5.74, 6) is 0. The van der Waals surface area contributed by atoms with E-state index in [9.17, 15) is 0 Å². The van der Waals surface area contributed by atoms with Crippen LogP contribution in [0.2, 0.25) is 0 Å². The van der Waals surface area contributed by atoms with Gasteiger partial charge in [0.15, 0.2) is 0 Å². The number of ether oxygens (including phenoxy) is 2. The SMILES string of the molecule is c1cc(CN2CCOCC3(C2)CN(Cc2ccncc2)CCO3)ccn1. The van der Waals surface area contributed by atoms with Gasteiger partial charge in [0.05, 0.1) is 19.8 Å². The minimum absolute atomic E-state index is 0.255. The first kappa shape index (κ1) is 17.5. The second kappa shape index (κ2) is 8.22. The first-order valence-corrected chi connectivity index (χ1v) is 9.26. The van der Waals surface area contributed by atoms with E-state index in [1.807, 2.05) is 24.8 Å². The van der Waals surface area contributed by atoms with Crippen LogP contribution < -0.4 is 0 Å². The van der Waals surface area contributed by atoms with Crippen molar-refractivity contribution in [2.45, 2.75) is 18.7 Å². The van der Waals surface area contributed by atoms with Crippen LogP contribution in [0.5, 0.6) is 0 Å². The molecular formula is C20H26N4O2. The number of nitrogens with zero attached hydrogens (tertiary/aromatic N) is 4. The molecule has 2 aromatic heterocycles. The van der Waals surface area contributed by atoms with Crippen molar-refractivity contribution < 1.29 is 9.47 Å². The van der Waals surface area contributed by atoms with Crippen molar-refractivity contribution >= 4 is 0 Å². The molecule has 1 atom stereocenters. The monoisotopic (exact) mass is 354 g/mol. The molecule has 26 heavy (non-hydrogen) atoms. The van der Waals surface area contributed by atoms with Gasteiger partial charge < -0.3 is 9.47 Å². The van der Waals surface area contributed by atoms with E-state index in [0.717, 1.165) is 52.5 Å². The van der Waals surface area contributed by atoms with Crippen molar-refractivity contribution in [2.24, 2.45) is 0 Å². The van der Waals surface area contributed by atoms with Gasteiger partial charge in [0.25, 0.3) is 0 Å². The normalized spacial score (nSPS) is 25.2. The number of pyridine rings is 2. The van der Waals surface area contributed by atoms with Crippen molar-refractivity contribution in [3.63, 3.8) is 0 Å². The molecule has 2 aromatic rings. The Morgan fingerprint density at radius 3 is 1.92 bits per heavy atom. The number of hydrogen-bond donors (Lipinski definition) is 0. The number of aromatic nitrogens is 2. The molecule has 1 unspecified atom stereocenters. The number of hydrogen-bond acceptors (Lipinski definition) is 6. The topological polar surface area (TPSA) is 50.7 Å². The van der Waals surface area contributed by atoms with Gasteiger partial charge in [-0.3, -0.25) is 19.8 Å². The van der Waals surface area contributed by atoms with Crippen LogP contribution in [0.25, 0.3) is 0 Å². The Morgan fingerprint density at radius 1 is 0.808 bits per heavy atom. The molecule has 6 nitrogen and oxygen atoms in total. The molecule has 2 aliphatic rings. The van der Waals surface area contributed by atoms with E-state index < -0.39 is 0 Å². The summed E-state index contributed by atoms with van der Waals surface area (Å²) in [6, 6.07) is 8.33. The van der Waals surface area contributed by atoms with Gasteiger partial charge in [0, 0.05) is 64.1 Å². The largest absolute Gasteiger partial charge is 0.377 e. The fraction of sp³-hybridized carbons (Fsp3) is 0.500. The summed E-state index contributed by atoms with van der Waals surface area (Å²) >= 11 is 0. The first-order chi connectivity index (χ1) is 12.8. The summed E-state index contributed by atoms with van der Waals surface area (Å²) in [4.78, 5) is 13.1. The van der Waals surface area contributed by atoms with E-state index in [1.54, 1.807) is 0 Å². The molecule has 4 rings (SSSR count). The lowest BCUT2D eigenvalue weighted by atomic mass is 10.0. The third kappa shape index (κ3) is 4.45. The van der Waals surface area contributed by atoms with Crippen molar-refractivity contribution in [2.75, 3.05) is 46.0 Å². The van der Waals surface area contributed by atoms with Crippen molar-refractivity contribution in [3.05, 3.63) is 60.2 Å². The molecule has 4 heterocycles. The third-order valence-electron chi connectivity index (χ3n) is 5.07. The van der Waals surface area contributed by atoms with E-state index in [4.69, 9.17) is 9.47 Å². The van der Waals surface area contributed by atoms with Gasteiger partial charge in [0.2, 0.25) is 0 Å². The van der Waals surface area contributed by atoms with Gasteiger partial charge >= 0.3 is 0 Å². The average Bonchev–Trinajstić information content (AvgIpc) is 2.85. The Labute approximate surface area is 154 Å². The summed E-state index contributed by atoms with van der Waals surface area (Å²) in [7, 11) is 0. The first-order valence-electron chi connectivity index (χ1n) is 9.26. The summed E-state index contributed by atoms with van der Waals surface area (Å²) < 4.78 is 12.2. The van der Waals surface area contributed by atoms with Gasteiger partial charge in [-0.05, 0) is 35.4 Å². The second-order valence-corrected chi connectivity index (χ2v) is 7.22. The summed E-state index contributed by atoms with van der Waals surface area (Å²) in [6.45, 7) is 7.65. The molecule has 1 spiro atoms. The van der Waals surface area contributed by atoms with Crippen LogP contribution in [0.1, 0.15) is 11.1 Å². The maximum absolute atomic E-state index is 6.29. The molecule has 0 saturated carbocycles. The van der Waals surface area contributed by atoms with Gasteiger partial charge in [-0.15, -0.1) is 0 Å². The Bertz CT molecular complexity index is 685. The minimum Gasteiger partial charge on any atom is -0.377 e. The Balaban J connectivity index is 1.43. The van der Waals surface area contributed by atoms with E-state index in [0.29, 0.717) is 6.61 Å². The summed E-state index contributed by atoms with van der Waals surface area (Å²) in [5.41, 5.74) is 2.32. The molecule has 2 aliphatic heterocycles. The van der Waals surface area contributed by atoms with Crippen LogP contribution in [0, 0.1) is 0 Å². The van der Waals surface area contributed by atoms with Crippen molar-refractivity contribution in [3.8, 4) is 0 Å². The van der Waals surface area contributed by atoms with Gasteiger partial charge in [-0.25, -0.2) is 0 Å². The lowest BCUT2D eigenvalue weighted by Crippen LogP contribution is -2.58. The zero-order chi connectivity index (χ0) is 17.7. The van der Waals surface area contributed by atoms with Crippen molar-refractivity contribution in [1.29, 1.82) is 0 Å². The maximum Gasteiger partial charge on any atom is 0.117 e. The second-order valence-electron chi connectivity index (χ2n) is 7.22. The van der Waals surface area contributed by atoms with E-state index in [-0.39, 0.29) is 5.60 Å². The molecule has 0 amide bonds. The van der Waals surface area contributed by atoms with Gasteiger partial charge in [-0.1, -0.05) is 0 Å². The van der Waals surface area contributed by atoms with Crippen LogP contribution in [-0.4, -0.2) is 71.4 Å². The number of morpholine rings is 1. The molecule has 0 aliphatic carbocycles. The summed E-state index contributed by atoms with van der Waals surface area (Å²) in [6.07, 6.45) is 7.42. The van der Waals surface area contributed by atoms with Crippen LogP contribution in [-0.2, 0) is 22.6 Å².